The quantitative estimate of drug-likeness (QED) is 0.791. The molecule has 1 aliphatic heterocycles. The third kappa shape index (κ3) is 2.19. The molecular formula is C17H13N5O. The van der Waals surface area contributed by atoms with Crippen LogP contribution in [0.1, 0.15) is 5.56 Å². The first-order valence-electron chi connectivity index (χ1n) is 7.30. The minimum atomic E-state index is -0.101. The predicted octanol–water partition coefficient (Wildman–Crippen LogP) is 2.88. The van der Waals surface area contributed by atoms with E-state index in [1.54, 1.807) is 28.0 Å². The lowest BCUT2D eigenvalue weighted by Crippen LogP contribution is -2.32. The fourth-order valence-electron chi connectivity index (χ4n) is 2.77. The third-order valence-electron chi connectivity index (χ3n) is 3.93. The van der Waals surface area contributed by atoms with Gasteiger partial charge in [-0.15, -0.1) is 0 Å². The van der Waals surface area contributed by atoms with Crippen molar-refractivity contribution in [2.75, 3.05) is 22.9 Å². The number of nitriles is 1. The Morgan fingerprint density at radius 2 is 1.87 bits per heavy atom. The van der Waals surface area contributed by atoms with Crippen LogP contribution in [0, 0.1) is 11.3 Å². The minimum absolute atomic E-state index is 0.101. The molecule has 0 bridgehead atoms. The van der Waals surface area contributed by atoms with Crippen molar-refractivity contribution < 1.29 is 4.79 Å². The van der Waals surface area contributed by atoms with Crippen LogP contribution in [0.15, 0.2) is 48.5 Å². The monoisotopic (exact) mass is 303 g/mol. The molecule has 0 atom stereocenters. The first-order valence-corrected chi connectivity index (χ1v) is 7.30. The number of carbonyl (C=O) groups excluding carboxylic acids is 1. The zero-order valence-corrected chi connectivity index (χ0v) is 12.2. The standard InChI is InChI=1S/C17H13N5O/c18-11-12-6-7-14-15(10-12)20-16(19-14)22-9-8-21(17(22)23)13-4-2-1-3-5-13/h1-7,10H,8-9H2,(H,19,20). The first-order chi connectivity index (χ1) is 11.3. The maximum Gasteiger partial charge on any atom is 0.331 e. The lowest BCUT2D eigenvalue weighted by molar-refractivity contribution is 0.255. The largest absolute Gasteiger partial charge is 0.331 e. The summed E-state index contributed by atoms with van der Waals surface area (Å²) < 4.78 is 0. The van der Waals surface area contributed by atoms with Crippen molar-refractivity contribution in [3.63, 3.8) is 0 Å². The highest BCUT2D eigenvalue weighted by atomic mass is 16.2. The summed E-state index contributed by atoms with van der Waals surface area (Å²) in [5, 5.41) is 8.96. The van der Waals surface area contributed by atoms with Gasteiger partial charge in [0, 0.05) is 18.8 Å². The third-order valence-corrected chi connectivity index (χ3v) is 3.93. The molecular weight excluding hydrogens is 290 g/mol. The van der Waals surface area contributed by atoms with E-state index in [4.69, 9.17) is 5.26 Å². The number of nitrogens with zero attached hydrogens (tertiary/aromatic N) is 4. The van der Waals surface area contributed by atoms with Crippen LogP contribution in [-0.2, 0) is 0 Å². The van der Waals surface area contributed by atoms with Gasteiger partial charge < -0.3 is 4.98 Å². The van der Waals surface area contributed by atoms with Crippen LogP contribution >= 0.6 is 0 Å². The molecule has 2 aromatic carbocycles. The average Bonchev–Trinajstić information content (AvgIpc) is 3.17. The summed E-state index contributed by atoms with van der Waals surface area (Å²) >= 11 is 0. The van der Waals surface area contributed by atoms with E-state index in [1.807, 2.05) is 30.3 Å². The Kier molecular flexibility index (Phi) is 2.98. The van der Waals surface area contributed by atoms with Gasteiger partial charge in [0.25, 0.3) is 0 Å². The van der Waals surface area contributed by atoms with Crippen LogP contribution in [0.5, 0.6) is 0 Å². The number of amides is 2. The fourth-order valence-corrected chi connectivity index (χ4v) is 2.77. The van der Waals surface area contributed by atoms with Crippen LogP contribution in [0.25, 0.3) is 11.0 Å². The fraction of sp³-hybridized carbons (Fsp3) is 0.118. The number of hydrogen-bond donors (Lipinski definition) is 1. The highest BCUT2D eigenvalue weighted by molar-refractivity contribution is 6.05. The molecule has 1 N–H and O–H groups in total. The molecule has 1 fully saturated rings. The number of rotatable bonds is 2. The van der Waals surface area contributed by atoms with Crippen LogP contribution in [0.4, 0.5) is 16.4 Å². The van der Waals surface area contributed by atoms with Crippen molar-refractivity contribution in [3.05, 3.63) is 54.1 Å². The average molecular weight is 303 g/mol. The highest BCUT2D eigenvalue weighted by Crippen LogP contribution is 2.25. The van der Waals surface area contributed by atoms with Gasteiger partial charge in [-0.25, -0.2) is 9.78 Å². The van der Waals surface area contributed by atoms with Crippen molar-refractivity contribution in [2.24, 2.45) is 0 Å². The molecule has 6 heteroatoms. The maximum absolute atomic E-state index is 12.6. The SMILES string of the molecule is N#Cc1ccc2[nH]c(N3CCN(c4ccccc4)C3=O)nc2c1. The van der Waals surface area contributed by atoms with Gasteiger partial charge in [-0.1, -0.05) is 18.2 Å². The van der Waals surface area contributed by atoms with Gasteiger partial charge in [0.15, 0.2) is 0 Å². The van der Waals surface area contributed by atoms with E-state index in [9.17, 15) is 4.79 Å². The second-order valence-electron chi connectivity index (χ2n) is 5.33. The van der Waals surface area contributed by atoms with Crippen LogP contribution in [0.2, 0.25) is 0 Å². The normalized spacial score (nSPS) is 14.5. The second-order valence-corrected chi connectivity index (χ2v) is 5.33. The van der Waals surface area contributed by atoms with Gasteiger partial charge >= 0.3 is 6.03 Å². The van der Waals surface area contributed by atoms with Crippen LogP contribution in [0.3, 0.4) is 0 Å². The van der Waals surface area contributed by atoms with E-state index >= 15 is 0 Å². The zero-order chi connectivity index (χ0) is 15.8. The maximum atomic E-state index is 12.6. The molecule has 0 unspecified atom stereocenters. The molecule has 23 heavy (non-hydrogen) atoms. The summed E-state index contributed by atoms with van der Waals surface area (Å²) in [6, 6.07) is 16.8. The number of anilines is 2. The predicted molar refractivity (Wildman–Crippen MR) is 87.3 cm³/mol. The Morgan fingerprint density at radius 3 is 2.65 bits per heavy atom. The molecule has 1 aromatic heterocycles. The van der Waals surface area contributed by atoms with Gasteiger partial charge in [0.1, 0.15) is 0 Å². The lowest BCUT2D eigenvalue weighted by atomic mass is 10.2. The van der Waals surface area contributed by atoms with Gasteiger partial charge in [-0.3, -0.25) is 9.80 Å². The summed E-state index contributed by atoms with van der Waals surface area (Å²) in [5.74, 6) is 0.513. The molecule has 2 amide bonds. The van der Waals surface area contributed by atoms with E-state index in [0.29, 0.717) is 30.1 Å². The molecule has 3 aromatic rings. The number of aromatic amines is 1. The number of hydrogen-bond acceptors (Lipinski definition) is 3. The number of imidazole rings is 1. The van der Waals surface area contributed by atoms with Gasteiger partial charge in [-0.2, -0.15) is 5.26 Å². The summed E-state index contributed by atoms with van der Waals surface area (Å²) in [7, 11) is 0. The number of nitrogens with one attached hydrogen (secondary N) is 1. The molecule has 0 aliphatic carbocycles. The number of urea groups is 1. The Labute approximate surface area is 132 Å². The zero-order valence-electron chi connectivity index (χ0n) is 12.2. The first kappa shape index (κ1) is 13.3. The van der Waals surface area contributed by atoms with Crippen molar-refractivity contribution in [3.8, 4) is 6.07 Å². The van der Waals surface area contributed by atoms with Crippen molar-refractivity contribution in [1.29, 1.82) is 5.26 Å². The summed E-state index contributed by atoms with van der Waals surface area (Å²) in [5.41, 5.74) is 2.92. The molecule has 1 aliphatic rings. The van der Waals surface area contributed by atoms with Crippen LogP contribution in [-0.4, -0.2) is 29.1 Å². The Bertz CT molecular complexity index is 925. The van der Waals surface area contributed by atoms with Crippen molar-refractivity contribution in [2.45, 2.75) is 0 Å². The van der Waals surface area contributed by atoms with E-state index in [-0.39, 0.29) is 6.03 Å². The van der Waals surface area contributed by atoms with E-state index < -0.39 is 0 Å². The number of para-hydroxylation sites is 1. The molecule has 4 rings (SSSR count). The molecule has 2 heterocycles. The number of fused-ring (bicyclic) bond motifs is 1. The number of benzene rings is 2. The lowest BCUT2D eigenvalue weighted by Gasteiger charge is -2.16. The smallest absolute Gasteiger partial charge is 0.324 e. The molecule has 0 radical (unpaired) electrons. The molecule has 0 saturated carbocycles. The number of aromatic nitrogens is 2. The van der Waals surface area contributed by atoms with Crippen molar-refractivity contribution >= 4 is 28.7 Å². The number of H-pyrrole nitrogens is 1. The highest BCUT2D eigenvalue weighted by Gasteiger charge is 2.32. The Hall–Kier alpha value is -3.33. The minimum Gasteiger partial charge on any atom is -0.324 e. The molecule has 6 nitrogen and oxygen atoms in total. The van der Waals surface area contributed by atoms with Gasteiger partial charge in [0.05, 0.1) is 22.7 Å². The molecule has 0 spiro atoms. The summed E-state index contributed by atoms with van der Waals surface area (Å²) in [6.07, 6.45) is 0. The summed E-state index contributed by atoms with van der Waals surface area (Å²) in [6.45, 7) is 1.18. The van der Waals surface area contributed by atoms with Crippen LogP contribution < -0.4 is 9.80 Å². The molecule has 1 saturated heterocycles. The van der Waals surface area contributed by atoms with E-state index in [2.05, 4.69) is 16.0 Å². The topological polar surface area (TPSA) is 76.0 Å². The van der Waals surface area contributed by atoms with E-state index in [1.165, 1.54) is 0 Å². The second kappa shape index (κ2) is 5.14. The Balaban J connectivity index is 1.67. The molecule has 112 valence electrons. The van der Waals surface area contributed by atoms with E-state index in [0.717, 1.165) is 11.2 Å². The van der Waals surface area contributed by atoms with Gasteiger partial charge in [-0.05, 0) is 30.3 Å². The summed E-state index contributed by atoms with van der Waals surface area (Å²) in [4.78, 5) is 23.6. The number of carbonyl (C=O) groups is 1. The van der Waals surface area contributed by atoms with Crippen molar-refractivity contribution in [1.82, 2.24) is 9.97 Å². The van der Waals surface area contributed by atoms with Gasteiger partial charge in [0.2, 0.25) is 5.95 Å². The Morgan fingerprint density at radius 1 is 1.09 bits per heavy atom.